The molecule has 0 aromatic rings. The molecule has 0 rings (SSSR count). The van der Waals surface area contributed by atoms with Crippen LogP contribution < -0.4 is 0 Å². The maximum Gasteiger partial charge on any atom is 0.120 e. The van der Waals surface area contributed by atoms with Crippen molar-refractivity contribution in [2.45, 2.75) is 26.2 Å². The van der Waals surface area contributed by atoms with Crippen molar-refractivity contribution < 1.29 is 4.79 Å². The van der Waals surface area contributed by atoms with Gasteiger partial charge in [-0.3, -0.25) is 0 Å². The fourth-order valence-electron chi connectivity index (χ4n) is 0.939. The van der Waals surface area contributed by atoms with Gasteiger partial charge in [0.25, 0.3) is 0 Å². The third-order valence-corrected chi connectivity index (χ3v) is 1.71. The Hall–Kier alpha value is -1.03. The lowest BCUT2D eigenvalue weighted by Gasteiger charge is -2.11. The molecule has 0 saturated carbocycles. The molecule has 0 aliphatic heterocycles. The van der Waals surface area contributed by atoms with Crippen LogP contribution in [0.5, 0.6) is 0 Å². The smallest absolute Gasteiger partial charge is 0.120 e. The highest BCUT2D eigenvalue weighted by molar-refractivity contribution is 5.50. The molecule has 60 valence electrons. The fourth-order valence-corrected chi connectivity index (χ4v) is 0.939. The predicted molar refractivity (Wildman–Crippen MR) is 47.1 cm³/mol. The second kappa shape index (κ2) is 5.73. The van der Waals surface area contributed by atoms with E-state index >= 15 is 0 Å². The summed E-state index contributed by atoms with van der Waals surface area (Å²) in [5, 5.41) is 0. The van der Waals surface area contributed by atoms with Crippen LogP contribution in [0.4, 0.5) is 0 Å². The van der Waals surface area contributed by atoms with Crippen molar-refractivity contribution in [3.63, 3.8) is 0 Å². The molecule has 0 aliphatic carbocycles. The molecule has 1 atom stereocenters. The summed E-state index contributed by atoms with van der Waals surface area (Å²) in [6.07, 6.45) is 8.19. The van der Waals surface area contributed by atoms with Gasteiger partial charge in [0, 0.05) is 12.8 Å². The number of carbonyl (C=O) groups is 1. The molecule has 0 amide bonds. The summed E-state index contributed by atoms with van der Waals surface area (Å²) < 4.78 is 0. The minimum Gasteiger partial charge on any atom is -0.303 e. The summed E-state index contributed by atoms with van der Waals surface area (Å²) in [4.78, 5) is 10.2. The fraction of sp³-hybridized carbons (Fsp3) is 0.500. The lowest BCUT2D eigenvalue weighted by Crippen LogP contribution is -2.01. The van der Waals surface area contributed by atoms with E-state index in [9.17, 15) is 4.79 Å². The maximum atomic E-state index is 10.2. The van der Waals surface area contributed by atoms with E-state index in [1.807, 2.05) is 6.92 Å². The maximum absolute atomic E-state index is 10.2. The van der Waals surface area contributed by atoms with Gasteiger partial charge in [-0.05, 0) is 19.3 Å². The topological polar surface area (TPSA) is 17.1 Å². The van der Waals surface area contributed by atoms with Crippen LogP contribution in [0.3, 0.4) is 0 Å². The van der Waals surface area contributed by atoms with E-state index in [4.69, 9.17) is 6.42 Å². The average molecular weight is 150 g/mol. The molecule has 0 bridgehead atoms. The first kappa shape index (κ1) is 9.97. The van der Waals surface area contributed by atoms with Crippen molar-refractivity contribution >= 4 is 6.29 Å². The Morgan fingerprint density at radius 1 is 1.82 bits per heavy atom. The molecule has 1 nitrogen and oxygen atoms in total. The van der Waals surface area contributed by atoms with Crippen LogP contribution in [-0.2, 0) is 4.79 Å². The monoisotopic (exact) mass is 150 g/mol. The van der Waals surface area contributed by atoms with Crippen LogP contribution in [0.15, 0.2) is 12.2 Å². The molecule has 0 radical (unpaired) electrons. The summed E-state index contributed by atoms with van der Waals surface area (Å²) in [5.74, 6) is 2.84. The zero-order chi connectivity index (χ0) is 8.69. The molecule has 0 saturated heterocycles. The molecular formula is C10H14O. The Labute approximate surface area is 68.5 Å². The zero-order valence-corrected chi connectivity index (χ0v) is 6.97. The highest BCUT2D eigenvalue weighted by Crippen LogP contribution is 2.17. The van der Waals surface area contributed by atoms with Crippen LogP contribution in [0.2, 0.25) is 0 Å². The molecule has 0 aromatic carbocycles. The van der Waals surface area contributed by atoms with Crippen molar-refractivity contribution in [3.8, 4) is 12.3 Å². The number of rotatable bonds is 5. The summed E-state index contributed by atoms with van der Waals surface area (Å²) in [6, 6.07) is 0. The Morgan fingerprint density at radius 2 is 2.45 bits per heavy atom. The van der Waals surface area contributed by atoms with Gasteiger partial charge in [0.1, 0.15) is 6.29 Å². The number of hydrogen-bond donors (Lipinski definition) is 0. The minimum atomic E-state index is 0.281. The first-order chi connectivity index (χ1) is 5.22. The van der Waals surface area contributed by atoms with Crippen LogP contribution >= 0.6 is 0 Å². The van der Waals surface area contributed by atoms with Crippen molar-refractivity contribution in [1.29, 1.82) is 0 Å². The zero-order valence-electron chi connectivity index (χ0n) is 6.97. The molecular weight excluding hydrogens is 136 g/mol. The van der Waals surface area contributed by atoms with E-state index in [0.29, 0.717) is 6.42 Å². The minimum absolute atomic E-state index is 0.281. The largest absolute Gasteiger partial charge is 0.303 e. The van der Waals surface area contributed by atoms with E-state index in [0.717, 1.165) is 24.7 Å². The van der Waals surface area contributed by atoms with E-state index < -0.39 is 0 Å². The SMILES string of the molecule is C#CCCC(CC=O)C(=C)C. The van der Waals surface area contributed by atoms with Gasteiger partial charge in [0.05, 0.1) is 0 Å². The van der Waals surface area contributed by atoms with Crippen molar-refractivity contribution in [2.75, 3.05) is 0 Å². The van der Waals surface area contributed by atoms with Gasteiger partial charge in [0.2, 0.25) is 0 Å². The van der Waals surface area contributed by atoms with E-state index in [2.05, 4.69) is 12.5 Å². The highest BCUT2D eigenvalue weighted by atomic mass is 16.1. The van der Waals surface area contributed by atoms with Gasteiger partial charge in [0.15, 0.2) is 0 Å². The summed E-state index contributed by atoms with van der Waals surface area (Å²) in [6.45, 7) is 5.73. The molecule has 11 heavy (non-hydrogen) atoms. The molecule has 0 fully saturated rings. The van der Waals surface area contributed by atoms with Gasteiger partial charge in [-0.25, -0.2) is 0 Å². The van der Waals surface area contributed by atoms with Crippen LogP contribution in [0, 0.1) is 18.3 Å². The molecule has 0 aromatic heterocycles. The van der Waals surface area contributed by atoms with E-state index in [1.165, 1.54) is 0 Å². The summed E-state index contributed by atoms with van der Waals surface area (Å²) in [7, 11) is 0. The normalized spacial score (nSPS) is 11.6. The quantitative estimate of drug-likeness (QED) is 0.333. The summed E-state index contributed by atoms with van der Waals surface area (Å²) >= 11 is 0. The molecule has 1 unspecified atom stereocenters. The number of allylic oxidation sites excluding steroid dienone is 1. The second-order valence-electron chi connectivity index (χ2n) is 2.69. The third kappa shape index (κ3) is 4.38. The first-order valence-electron chi connectivity index (χ1n) is 3.74. The lowest BCUT2D eigenvalue weighted by atomic mass is 9.94. The van der Waals surface area contributed by atoms with Crippen LogP contribution in [0.25, 0.3) is 0 Å². The Kier molecular flexibility index (Phi) is 5.20. The van der Waals surface area contributed by atoms with Crippen molar-refractivity contribution in [1.82, 2.24) is 0 Å². The lowest BCUT2D eigenvalue weighted by molar-refractivity contribution is -0.108. The molecule has 0 heterocycles. The van der Waals surface area contributed by atoms with Crippen molar-refractivity contribution in [3.05, 3.63) is 12.2 Å². The molecule has 0 aliphatic rings. The van der Waals surface area contributed by atoms with E-state index in [1.54, 1.807) is 0 Å². The molecule has 0 N–H and O–H groups in total. The van der Waals surface area contributed by atoms with Gasteiger partial charge in [-0.2, -0.15) is 0 Å². The Bertz CT molecular complexity index is 174. The highest BCUT2D eigenvalue weighted by Gasteiger charge is 2.06. The molecule has 1 heteroatoms. The Morgan fingerprint density at radius 3 is 2.82 bits per heavy atom. The Balaban J connectivity index is 3.80. The number of terminal acetylenes is 1. The standard InChI is InChI=1S/C10H14O/c1-4-5-6-10(7-8-11)9(2)3/h1,8,10H,2,5-7H2,3H3. The van der Waals surface area contributed by atoms with Crippen molar-refractivity contribution in [2.24, 2.45) is 5.92 Å². The van der Waals surface area contributed by atoms with Gasteiger partial charge in [-0.1, -0.05) is 12.2 Å². The average Bonchev–Trinajstić information content (AvgIpc) is 1.97. The molecule has 0 spiro atoms. The van der Waals surface area contributed by atoms with E-state index in [-0.39, 0.29) is 5.92 Å². The van der Waals surface area contributed by atoms with Gasteiger partial charge in [-0.15, -0.1) is 12.3 Å². The predicted octanol–water partition coefficient (Wildman–Crippen LogP) is 2.18. The summed E-state index contributed by atoms with van der Waals surface area (Å²) in [5.41, 5.74) is 1.05. The number of carbonyl (C=O) groups excluding carboxylic acids is 1. The second-order valence-corrected chi connectivity index (χ2v) is 2.69. The first-order valence-corrected chi connectivity index (χ1v) is 3.74. The van der Waals surface area contributed by atoms with Crippen LogP contribution in [-0.4, -0.2) is 6.29 Å². The van der Waals surface area contributed by atoms with Gasteiger partial charge >= 0.3 is 0 Å². The number of hydrogen-bond acceptors (Lipinski definition) is 1. The third-order valence-electron chi connectivity index (χ3n) is 1.71. The van der Waals surface area contributed by atoms with Gasteiger partial charge < -0.3 is 4.79 Å². The van der Waals surface area contributed by atoms with Crippen LogP contribution in [0.1, 0.15) is 26.2 Å². The number of aldehydes is 1.